The topological polar surface area (TPSA) is 50.4 Å². The fourth-order valence-electron chi connectivity index (χ4n) is 2.54. The summed E-state index contributed by atoms with van der Waals surface area (Å²) < 4.78 is 0. The molecule has 2 aromatic carbocycles. The molecule has 0 atom stereocenters. The van der Waals surface area contributed by atoms with Gasteiger partial charge in [-0.2, -0.15) is 0 Å². The van der Waals surface area contributed by atoms with Crippen LogP contribution in [0.15, 0.2) is 54.0 Å². The van der Waals surface area contributed by atoms with E-state index in [4.69, 9.17) is 5.73 Å². The second-order valence-electron chi connectivity index (χ2n) is 5.79. The largest absolute Gasteiger partial charge is 0.398 e. The number of unbranched alkanes of at least 4 members (excludes halogenated alkanes) is 1. The van der Waals surface area contributed by atoms with E-state index >= 15 is 0 Å². The van der Waals surface area contributed by atoms with E-state index in [1.54, 1.807) is 6.08 Å². The number of nitrogens with two attached hydrogens (primary N) is 1. The van der Waals surface area contributed by atoms with Crippen molar-refractivity contribution >= 4 is 23.7 Å². The molecule has 126 valence electrons. The second kappa shape index (κ2) is 9.68. The molecule has 2 aromatic rings. The fourth-order valence-corrected chi connectivity index (χ4v) is 2.54. The summed E-state index contributed by atoms with van der Waals surface area (Å²) in [5.41, 5.74) is 11.0. The second-order valence-corrected chi connectivity index (χ2v) is 5.79. The summed E-state index contributed by atoms with van der Waals surface area (Å²) in [5.74, 6) is 0. The number of hydrogen-bond acceptors (Lipinski definition) is 3. The Bertz CT molecular complexity index is 672. The predicted molar refractivity (Wildman–Crippen MR) is 106 cm³/mol. The minimum Gasteiger partial charge on any atom is -0.398 e. The molecule has 0 bridgehead atoms. The normalized spacial score (nSPS) is 11.0. The van der Waals surface area contributed by atoms with Crippen LogP contribution >= 0.6 is 0 Å². The molecular formula is C21H27N3. The molecule has 0 amide bonds. The first kappa shape index (κ1) is 18.0. The maximum atomic E-state index is 6.10. The van der Waals surface area contributed by atoms with Crippen molar-refractivity contribution in [2.45, 2.75) is 26.2 Å². The number of hydrogen-bond donors (Lipinski definition) is 2. The number of nitrogen functional groups attached to an aromatic ring is 1. The van der Waals surface area contributed by atoms with Crippen LogP contribution in [-0.4, -0.2) is 19.3 Å². The van der Waals surface area contributed by atoms with Crippen molar-refractivity contribution < 1.29 is 0 Å². The van der Waals surface area contributed by atoms with Crippen LogP contribution in [0.4, 0.5) is 11.4 Å². The summed E-state index contributed by atoms with van der Waals surface area (Å²) >= 11 is 0. The van der Waals surface area contributed by atoms with Gasteiger partial charge in [-0.15, -0.1) is 0 Å². The first-order valence-electron chi connectivity index (χ1n) is 8.59. The lowest BCUT2D eigenvalue weighted by molar-refractivity contribution is 0.641. The monoisotopic (exact) mass is 321 g/mol. The third kappa shape index (κ3) is 5.36. The van der Waals surface area contributed by atoms with Crippen LogP contribution in [0.1, 0.15) is 36.5 Å². The third-order valence-electron chi connectivity index (χ3n) is 4.00. The van der Waals surface area contributed by atoms with E-state index in [0.717, 1.165) is 36.3 Å². The quantitative estimate of drug-likeness (QED) is 0.403. The molecule has 0 heterocycles. The average Bonchev–Trinajstić information content (AvgIpc) is 2.62. The maximum Gasteiger partial charge on any atom is 0.0630 e. The molecule has 0 fully saturated rings. The van der Waals surface area contributed by atoms with E-state index in [1.807, 2.05) is 24.4 Å². The van der Waals surface area contributed by atoms with E-state index in [0.29, 0.717) is 5.69 Å². The molecule has 0 unspecified atom stereocenters. The van der Waals surface area contributed by atoms with E-state index in [9.17, 15) is 0 Å². The van der Waals surface area contributed by atoms with Crippen LogP contribution in [0.3, 0.4) is 0 Å². The Morgan fingerprint density at radius 2 is 1.83 bits per heavy atom. The van der Waals surface area contributed by atoms with Crippen LogP contribution < -0.4 is 11.1 Å². The van der Waals surface area contributed by atoms with Crippen molar-refractivity contribution in [3.8, 4) is 0 Å². The first-order chi connectivity index (χ1) is 11.7. The lowest BCUT2D eigenvalue weighted by atomic mass is 10.1. The van der Waals surface area contributed by atoms with Gasteiger partial charge in [-0.05, 0) is 55.6 Å². The number of nitrogens with zero attached hydrogens (tertiary/aromatic N) is 1. The minimum atomic E-state index is 0.716. The number of para-hydroxylation sites is 1. The molecule has 3 nitrogen and oxygen atoms in total. The highest BCUT2D eigenvalue weighted by Gasteiger charge is 2.00. The van der Waals surface area contributed by atoms with Crippen molar-refractivity contribution in [1.82, 2.24) is 5.32 Å². The molecule has 0 aliphatic heterocycles. The van der Waals surface area contributed by atoms with Gasteiger partial charge in [0.1, 0.15) is 0 Å². The summed E-state index contributed by atoms with van der Waals surface area (Å²) in [4.78, 5) is 4.53. The van der Waals surface area contributed by atoms with Gasteiger partial charge in [0.2, 0.25) is 0 Å². The Morgan fingerprint density at radius 3 is 2.54 bits per heavy atom. The predicted octanol–water partition coefficient (Wildman–Crippen LogP) is 4.59. The molecule has 24 heavy (non-hydrogen) atoms. The van der Waals surface area contributed by atoms with Gasteiger partial charge in [0.05, 0.1) is 5.69 Å². The van der Waals surface area contributed by atoms with Gasteiger partial charge in [0, 0.05) is 17.5 Å². The van der Waals surface area contributed by atoms with E-state index in [1.165, 1.54) is 18.4 Å². The molecule has 0 radical (unpaired) electrons. The first-order valence-corrected chi connectivity index (χ1v) is 8.59. The lowest BCUT2D eigenvalue weighted by Gasteiger charge is -2.04. The number of nitrogens with one attached hydrogen (secondary N) is 1. The van der Waals surface area contributed by atoms with Crippen LogP contribution in [-0.2, 0) is 6.42 Å². The van der Waals surface area contributed by atoms with E-state index in [-0.39, 0.29) is 0 Å². The minimum absolute atomic E-state index is 0.716. The van der Waals surface area contributed by atoms with Crippen LogP contribution in [0.25, 0.3) is 6.08 Å². The van der Waals surface area contributed by atoms with Gasteiger partial charge in [-0.25, -0.2) is 0 Å². The average molecular weight is 321 g/mol. The molecule has 0 aliphatic carbocycles. The van der Waals surface area contributed by atoms with Crippen LogP contribution in [0.5, 0.6) is 0 Å². The van der Waals surface area contributed by atoms with Gasteiger partial charge in [-0.3, -0.25) is 4.99 Å². The van der Waals surface area contributed by atoms with Crippen LogP contribution in [0, 0.1) is 0 Å². The summed E-state index contributed by atoms with van der Waals surface area (Å²) in [5, 5.41) is 3.35. The summed E-state index contributed by atoms with van der Waals surface area (Å²) in [6.45, 7) is 8.06. The molecule has 0 saturated carbocycles. The smallest absolute Gasteiger partial charge is 0.0630 e. The highest BCUT2D eigenvalue weighted by Crippen LogP contribution is 2.19. The summed E-state index contributed by atoms with van der Waals surface area (Å²) in [7, 11) is 0. The molecule has 0 saturated heterocycles. The van der Waals surface area contributed by atoms with Crippen molar-refractivity contribution in [2.75, 3.05) is 18.8 Å². The fraction of sp³-hybridized carbons (Fsp3) is 0.286. The lowest BCUT2D eigenvalue weighted by Crippen LogP contribution is -2.13. The molecule has 3 N–H and O–H groups in total. The summed E-state index contributed by atoms with van der Waals surface area (Å²) in [6, 6.07) is 14.3. The van der Waals surface area contributed by atoms with Crippen molar-refractivity contribution in [3.05, 3.63) is 65.7 Å². The van der Waals surface area contributed by atoms with Gasteiger partial charge in [0.25, 0.3) is 0 Å². The van der Waals surface area contributed by atoms with Gasteiger partial charge < -0.3 is 11.1 Å². The Labute approximate surface area is 145 Å². The van der Waals surface area contributed by atoms with Gasteiger partial charge in [0.15, 0.2) is 0 Å². The zero-order valence-electron chi connectivity index (χ0n) is 14.5. The number of benzene rings is 2. The zero-order chi connectivity index (χ0) is 17.2. The maximum absolute atomic E-state index is 6.10. The zero-order valence-corrected chi connectivity index (χ0v) is 14.5. The van der Waals surface area contributed by atoms with Gasteiger partial charge >= 0.3 is 0 Å². The van der Waals surface area contributed by atoms with Crippen molar-refractivity contribution in [1.29, 1.82) is 0 Å². The molecule has 0 aromatic heterocycles. The number of anilines is 1. The highest BCUT2D eigenvalue weighted by atomic mass is 14.8. The Hall–Kier alpha value is -2.39. The van der Waals surface area contributed by atoms with Crippen molar-refractivity contribution in [3.63, 3.8) is 0 Å². The Morgan fingerprint density at radius 1 is 1.08 bits per heavy atom. The molecule has 3 heteroatoms. The molecule has 0 spiro atoms. The Balaban J connectivity index is 1.93. The van der Waals surface area contributed by atoms with Gasteiger partial charge in [-0.1, -0.05) is 49.9 Å². The van der Waals surface area contributed by atoms with Crippen molar-refractivity contribution in [2.24, 2.45) is 4.99 Å². The SMILES string of the molecule is C=Cc1cccc(C=Nc2ccc(CCCCNCC)cc2)c1N. The van der Waals surface area contributed by atoms with Crippen LogP contribution in [0.2, 0.25) is 0 Å². The Kier molecular flexibility index (Phi) is 7.24. The molecular weight excluding hydrogens is 294 g/mol. The standard InChI is InChI=1S/C21H27N3/c1-3-18-9-7-10-19(21(18)22)16-24-20-13-11-17(12-14-20)8-5-6-15-23-4-2/h3,7,9-14,16,23H,1,4-6,8,15,22H2,2H3. The number of aliphatic imine (C=N–C) groups is 1. The summed E-state index contributed by atoms with van der Waals surface area (Å²) in [6.07, 6.45) is 7.11. The highest BCUT2D eigenvalue weighted by molar-refractivity contribution is 5.91. The molecule has 0 aliphatic rings. The van der Waals surface area contributed by atoms with E-state index in [2.05, 4.69) is 48.1 Å². The van der Waals surface area contributed by atoms with E-state index < -0.39 is 0 Å². The number of rotatable bonds is 9. The third-order valence-corrected chi connectivity index (χ3v) is 4.00. The molecule has 2 rings (SSSR count). The number of aryl methyl sites for hydroxylation is 1.